The van der Waals surface area contributed by atoms with Crippen LogP contribution in [-0.2, 0) is 0 Å². The summed E-state index contributed by atoms with van der Waals surface area (Å²) in [6.45, 7) is 0.472. The van der Waals surface area contributed by atoms with Gasteiger partial charge in [0.2, 0.25) is 0 Å². The molecule has 0 saturated carbocycles. The van der Waals surface area contributed by atoms with Gasteiger partial charge in [0.15, 0.2) is 0 Å². The maximum absolute atomic E-state index is 12.9. The number of ether oxygens (including phenoxy) is 1. The second kappa shape index (κ2) is 8.96. The molecule has 0 spiro atoms. The number of benzene rings is 3. The van der Waals surface area contributed by atoms with Crippen molar-refractivity contribution in [3.63, 3.8) is 0 Å². The van der Waals surface area contributed by atoms with E-state index in [1.165, 1.54) is 0 Å². The molecule has 0 radical (unpaired) electrons. The fourth-order valence-electron chi connectivity index (χ4n) is 3.92. The molecular formula is C26H27N3O2. The van der Waals surface area contributed by atoms with Gasteiger partial charge in [-0.1, -0.05) is 42.5 Å². The molecule has 0 bridgehead atoms. The largest absolute Gasteiger partial charge is 0.496 e. The predicted molar refractivity (Wildman–Crippen MR) is 126 cm³/mol. The number of nitrogens with one attached hydrogen (secondary N) is 2. The van der Waals surface area contributed by atoms with E-state index in [1.807, 2.05) is 44.6 Å². The highest BCUT2D eigenvalue weighted by Crippen LogP contribution is 2.31. The second-order valence-corrected chi connectivity index (χ2v) is 7.74. The van der Waals surface area contributed by atoms with E-state index in [0.717, 1.165) is 27.7 Å². The highest BCUT2D eigenvalue weighted by atomic mass is 16.5. The topological polar surface area (TPSA) is 57.4 Å². The molecule has 1 amide bonds. The lowest BCUT2D eigenvalue weighted by molar-refractivity contribution is 0.0949. The molecule has 0 aliphatic heterocycles. The fraction of sp³-hybridized carbons (Fsp3) is 0.192. The van der Waals surface area contributed by atoms with Crippen molar-refractivity contribution in [1.82, 2.24) is 10.3 Å². The standard InChI is InChI=1S/C26H27N3O2/c1-29(2)19-14-12-18(13-15-19)22(23-17-27-24-10-6-4-8-20(23)24)16-28-26(30)21-9-5-7-11-25(21)31-3/h4-15,17,22,27H,16H2,1-3H3,(H,28,30)/t22-/m0/s1. The summed E-state index contributed by atoms with van der Waals surface area (Å²) in [6.07, 6.45) is 2.05. The second-order valence-electron chi connectivity index (χ2n) is 7.74. The smallest absolute Gasteiger partial charge is 0.255 e. The van der Waals surface area contributed by atoms with Crippen molar-refractivity contribution in [2.45, 2.75) is 5.92 Å². The average Bonchev–Trinajstić information content (AvgIpc) is 3.23. The normalized spacial score (nSPS) is 11.8. The molecule has 4 aromatic rings. The number of carbonyl (C=O) groups excluding carboxylic acids is 1. The van der Waals surface area contributed by atoms with Crippen LogP contribution in [0.1, 0.15) is 27.4 Å². The summed E-state index contributed by atoms with van der Waals surface area (Å²) >= 11 is 0. The SMILES string of the molecule is COc1ccccc1C(=O)NC[C@@H](c1ccc(N(C)C)cc1)c1c[nH]c2ccccc12. The zero-order chi connectivity index (χ0) is 21.8. The summed E-state index contributed by atoms with van der Waals surface area (Å²) in [5.74, 6) is 0.428. The first-order valence-electron chi connectivity index (χ1n) is 10.3. The van der Waals surface area contributed by atoms with Gasteiger partial charge in [0.25, 0.3) is 5.91 Å². The number of rotatable bonds is 7. The lowest BCUT2D eigenvalue weighted by Crippen LogP contribution is -2.29. The molecular weight excluding hydrogens is 386 g/mol. The number of fused-ring (bicyclic) bond motifs is 1. The average molecular weight is 414 g/mol. The highest BCUT2D eigenvalue weighted by Gasteiger charge is 2.20. The molecule has 1 atom stereocenters. The van der Waals surface area contributed by atoms with Gasteiger partial charge in [-0.25, -0.2) is 0 Å². The highest BCUT2D eigenvalue weighted by molar-refractivity contribution is 5.97. The molecule has 0 unspecified atom stereocenters. The van der Waals surface area contributed by atoms with Crippen LogP contribution in [-0.4, -0.2) is 38.6 Å². The van der Waals surface area contributed by atoms with E-state index >= 15 is 0 Å². The van der Waals surface area contributed by atoms with Crippen LogP contribution < -0.4 is 15.0 Å². The van der Waals surface area contributed by atoms with Gasteiger partial charge >= 0.3 is 0 Å². The minimum absolute atomic E-state index is 0.00557. The first-order chi connectivity index (χ1) is 15.1. The maximum atomic E-state index is 12.9. The van der Waals surface area contributed by atoms with Crippen LogP contribution in [0.4, 0.5) is 5.69 Å². The van der Waals surface area contributed by atoms with Crippen LogP contribution in [0.3, 0.4) is 0 Å². The van der Waals surface area contributed by atoms with Gasteiger partial charge in [-0.15, -0.1) is 0 Å². The summed E-state index contributed by atoms with van der Waals surface area (Å²) in [6, 6.07) is 24.0. The Hall–Kier alpha value is -3.73. The Morgan fingerprint density at radius 2 is 1.71 bits per heavy atom. The van der Waals surface area contributed by atoms with Crippen molar-refractivity contribution in [2.75, 3.05) is 32.6 Å². The first-order valence-corrected chi connectivity index (χ1v) is 10.3. The van der Waals surface area contributed by atoms with Gasteiger partial charge in [-0.3, -0.25) is 4.79 Å². The van der Waals surface area contributed by atoms with Crippen LogP contribution in [0.2, 0.25) is 0 Å². The lowest BCUT2D eigenvalue weighted by atomic mass is 9.90. The van der Waals surface area contributed by atoms with Crippen LogP contribution in [0.5, 0.6) is 5.75 Å². The zero-order valence-electron chi connectivity index (χ0n) is 18.1. The van der Waals surface area contributed by atoms with Crippen LogP contribution >= 0.6 is 0 Å². The minimum atomic E-state index is -0.146. The number of H-pyrrole nitrogens is 1. The van der Waals surface area contributed by atoms with Crippen LogP contribution in [0, 0.1) is 0 Å². The summed E-state index contributed by atoms with van der Waals surface area (Å²) in [5, 5.41) is 4.28. The number of hydrogen-bond donors (Lipinski definition) is 2. The van der Waals surface area contributed by atoms with Crippen molar-refractivity contribution >= 4 is 22.5 Å². The van der Waals surface area contributed by atoms with Crippen molar-refractivity contribution in [3.05, 3.63) is 95.7 Å². The fourth-order valence-corrected chi connectivity index (χ4v) is 3.92. The van der Waals surface area contributed by atoms with Crippen molar-refractivity contribution in [3.8, 4) is 5.75 Å². The van der Waals surface area contributed by atoms with Crippen molar-refractivity contribution in [1.29, 1.82) is 0 Å². The van der Waals surface area contributed by atoms with Gasteiger partial charge in [0, 0.05) is 49.3 Å². The van der Waals surface area contributed by atoms with Crippen LogP contribution in [0.15, 0.2) is 79.0 Å². The minimum Gasteiger partial charge on any atom is -0.496 e. The molecule has 5 heteroatoms. The number of amides is 1. The quantitative estimate of drug-likeness (QED) is 0.457. The van der Waals surface area contributed by atoms with Gasteiger partial charge in [0.05, 0.1) is 12.7 Å². The molecule has 4 rings (SSSR count). The molecule has 1 heterocycles. The van der Waals surface area contributed by atoms with Crippen LogP contribution in [0.25, 0.3) is 10.9 Å². The number of methoxy groups -OCH3 is 1. The van der Waals surface area contributed by atoms with Gasteiger partial charge in [-0.2, -0.15) is 0 Å². The van der Waals surface area contributed by atoms with Crippen molar-refractivity contribution < 1.29 is 9.53 Å². The van der Waals surface area contributed by atoms with E-state index in [2.05, 4.69) is 51.6 Å². The van der Waals surface area contributed by atoms with E-state index in [9.17, 15) is 4.79 Å². The molecule has 1 aromatic heterocycles. The van der Waals surface area contributed by atoms with Gasteiger partial charge in [0.1, 0.15) is 5.75 Å². The number of nitrogens with zero attached hydrogens (tertiary/aromatic N) is 1. The number of anilines is 1. The summed E-state index contributed by atoms with van der Waals surface area (Å²) in [4.78, 5) is 18.4. The van der Waals surface area contributed by atoms with E-state index in [0.29, 0.717) is 17.9 Å². The molecule has 3 aromatic carbocycles. The Kier molecular flexibility index (Phi) is 5.94. The lowest BCUT2D eigenvalue weighted by Gasteiger charge is -2.20. The summed E-state index contributed by atoms with van der Waals surface area (Å²) < 4.78 is 5.35. The van der Waals surface area contributed by atoms with E-state index < -0.39 is 0 Å². The Morgan fingerprint density at radius 3 is 2.45 bits per heavy atom. The number of aromatic amines is 1. The molecule has 0 saturated heterocycles. The van der Waals surface area contributed by atoms with E-state index in [1.54, 1.807) is 19.2 Å². The maximum Gasteiger partial charge on any atom is 0.255 e. The molecule has 5 nitrogen and oxygen atoms in total. The Labute approximate surface area is 182 Å². The Balaban J connectivity index is 1.66. The molecule has 158 valence electrons. The monoisotopic (exact) mass is 413 g/mol. The molecule has 2 N–H and O–H groups in total. The molecule has 0 aliphatic rings. The van der Waals surface area contributed by atoms with Crippen molar-refractivity contribution in [2.24, 2.45) is 0 Å². The molecule has 31 heavy (non-hydrogen) atoms. The third-order valence-corrected chi connectivity index (χ3v) is 5.63. The first kappa shape index (κ1) is 20.5. The summed E-state index contributed by atoms with van der Waals surface area (Å²) in [7, 11) is 5.63. The number of para-hydroxylation sites is 2. The molecule has 0 fully saturated rings. The zero-order valence-corrected chi connectivity index (χ0v) is 18.1. The number of aromatic nitrogens is 1. The Bertz CT molecular complexity index is 1180. The number of hydrogen-bond acceptors (Lipinski definition) is 3. The Morgan fingerprint density at radius 1 is 1.00 bits per heavy atom. The van der Waals surface area contributed by atoms with E-state index in [-0.39, 0.29) is 11.8 Å². The van der Waals surface area contributed by atoms with E-state index in [4.69, 9.17) is 4.74 Å². The third-order valence-electron chi connectivity index (χ3n) is 5.63. The molecule has 0 aliphatic carbocycles. The van der Waals surface area contributed by atoms with Gasteiger partial charge < -0.3 is 19.9 Å². The predicted octanol–water partition coefficient (Wildman–Crippen LogP) is 4.80. The number of carbonyl (C=O) groups is 1. The van der Waals surface area contributed by atoms with Gasteiger partial charge in [-0.05, 0) is 41.5 Å². The summed E-state index contributed by atoms with van der Waals surface area (Å²) in [5.41, 5.74) is 5.07. The third kappa shape index (κ3) is 4.26.